The molecule has 0 unspecified atom stereocenters. The van der Waals surface area contributed by atoms with Gasteiger partial charge in [0.2, 0.25) is 0 Å². The van der Waals surface area contributed by atoms with E-state index in [0.717, 1.165) is 11.1 Å². The van der Waals surface area contributed by atoms with E-state index in [4.69, 9.17) is 5.84 Å². The van der Waals surface area contributed by atoms with Crippen molar-refractivity contribution in [2.75, 3.05) is 5.43 Å². The van der Waals surface area contributed by atoms with Gasteiger partial charge in [0.25, 0.3) is 5.69 Å². The van der Waals surface area contributed by atoms with Crippen molar-refractivity contribution < 1.29 is 4.92 Å². The Hall–Kier alpha value is -1.62. The molecular formula is C8H11N3O2. The Morgan fingerprint density at radius 2 is 2.08 bits per heavy atom. The monoisotopic (exact) mass is 181 g/mol. The van der Waals surface area contributed by atoms with Crippen molar-refractivity contribution in [2.24, 2.45) is 5.84 Å². The highest BCUT2D eigenvalue weighted by molar-refractivity contribution is 5.67. The molecule has 0 aromatic heterocycles. The maximum atomic E-state index is 10.6. The number of aryl methyl sites for hydroxylation is 1. The lowest BCUT2D eigenvalue weighted by atomic mass is 10.1. The number of nitrogens with one attached hydrogen (secondary N) is 1. The molecule has 70 valence electrons. The van der Waals surface area contributed by atoms with Crippen LogP contribution in [-0.4, -0.2) is 4.92 Å². The topological polar surface area (TPSA) is 81.2 Å². The quantitative estimate of drug-likeness (QED) is 0.411. The van der Waals surface area contributed by atoms with Crippen LogP contribution in [0.4, 0.5) is 11.4 Å². The van der Waals surface area contributed by atoms with Crippen LogP contribution in [0.2, 0.25) is 0 Å². The van der Waals surface area contributed by atoms with Gasteiger partial charge in [-0.3, -0.25) is 16.0 Å². The Bertz CT molecular complexity index is 349. The van der Waals surface area contributed by atoms with Gasteiger partial charge in [-0.1, -0.05) is 6.07 Å². The lowest BCUT2D eigenvalue weighted by Gasteiger charge is -2.07. The number of rotatable bonds is 2. The van der Waals surface area contributed by atoms with Crippen molar-refractivity contribution in [2.45, 2.75) is 13.8 Å². The van der Waals surface area contributed by atoms with E-state index in [1.807, 2.05) is 6.92 Å². The first-order valence-corrected chi connectivity index (χ1v) is 3.79. The Kier molecular flexibility index (Phi) is 2.48. The van der Waals surface area contributed by atoms with Gasteiger partial charge in [-0.15, -0.1) is 0 Å². The minimum absolute atomic E-state index is 0.00519. The number of nitrogen functional groups attached to an aromatic ring is 1. The predicted octanol–water partition coefficient (Wildman–Crippen LogP) is 1.50. The fourth-order valence-electron chi connectivity index (χ4n) is 1.14. The van der Waals surface area contributed by atoms with E-state index in [2.05, 4.69) is 5.43 Å². The Balaban J connectivity index is 3.38. The van der Waals surface area contributed by atoms with E-state index in [1.54, 1.807) is 13.0 Å². The predicted molar refractivity (Wildman–Crippen MR) is 50.4 cm³/mol. The van der Waals surface area contributed by atoms with Gasteiger partial charge in [0.05, 0.1) is 4.92 Å². The van der Waals surface area contributed by atoms with Crippen molar-refractivity contribution in [3.8, 4) is 0 Å². The summed E-state index contributed by atoms with van der Waals surface area (Å²) in [5.41, 5.74) is 4.50. The third-order valence-electron chi connectivity index (χ3n) is 2.05. The van der Waals surface area contributed by atoms with Gasteiger partial charge >= 0.3 is 0 Å². The SMILES string of the molecule is Cc1ccc([N+](=O)[O-])c(NN)c1C. The van der Waals surface area contributed by atoms with Crippen LogP contribution >= 0.6 is 0 Å². The lowest BCUT2D eigenvalue weighted by Crippen LogP contribution is -2.11. The minimum Gasteiger partial charge on any atom is -0.318 e. The van der Waals surface area contributed by atoms with E-state index in [1.165, 1.54) is 6.07 Å². The Morgan fingerprint density at radius 3 is 2.54 bits per heavy atom. The van der Waals surface area contributed by atoms with Gasteiger partial charge in [0.1, 0.15) is 5.69 Å². The summed E-state index contributed by atoms with van der Waals surface area (Å²) < 4.78 is 0. The van der Waals surface area contributed by atoms with Gasteiger partial charge in [-0.2, -0.15) is 0 Å². The molecular weight excluding hydrogens is 170 g/mol. The molecule has 0 atom stereocenters. The smallest absolute Gasteiger partial charge is 0.293 e. The van der Waals surface area contributed by atoms with E-state index in [9.17, 15) is 10.1 Å². The summed E-state index contributed by atoms with van der Waals surface area (Å²) in [5.74, 6) is 5.20. The van der Waals surface area contributed by atoms with Crippen LogP contribution < -0.4 is 11.3 Å². The average molecular weight is 181 g/mol. The first-order chi connectivity index (χ1) is 6.07. The van der Waals surface area contributed by atoms with Crippen molar-refractivity contribution in [3.05, 3.63) is 33.4 Å². The summed E-state index contributed by atoms with van der Waals surface area (Å²) in [4.78, 5) is 10.1. The second kappa shape index (κ2) is 3.40. The van der Waals surface area contributed by atoms with Gasteiger partial charge in [-0.25, -0.2) is 0 Å². The van der Waals surface area contributed by atoms with E-state index >= 15 is 0 Å². The van der Waals surface area contributed by atoms with Crippen LogP contribution in [0, 0.1) is 24.0 Å². The van der Waals surface area contributed by atoms with Crippen LogP contribution in [0.15, 0.2) is 12.1 Å². The molecule has 0 saturated heterocycles. The first kappa shape index (κ1) is 9.47. The van der Waals surface area contributed by atoms with Crippen LogP contribution in [0.1, 0.15) is 11.1 Å². The van der Waals surface area contributed by atoms with Crippen molar-refractivity contribution in [3.63, 3.8) is 0 Å². The number of hydrazine groups is 1. The molecule has 0 fully saturated rings. The zero-order valence-electron chi connectivity index (χ0n) is 7.50. The van der Waals surface area contributed by atoms with E-state index in [-0.39, 0.29) is 5.69 Å². The molecule has 0 aliphatic heterocycles. The summed E-state index contributed by atoms with van der Waals surface area (Å²) in [6, 6.07) is 3.14. The summed E-state index contributed by atoms with van der Waals surface area (Å²) in [6.45, 7) is 3.66. The second-order valence-electron chi connectivity index (χ2n) is 2.80. The Morgan fingerprint density at radius 1 is 1.46 bits per heavy atom. The maximum Gasteiger partial charge on any atom is 0.293 e. The summed E-state index contributed by atoms with van der Waals surface area (Å²) in [7, 11) is 0. The number of hydrogen-bond donors (Lipinski definition) is 2. The zero-order chi connectivity index (χ0) is 10.0. The van der Waals surface area contributed by atoms with Crippen LogP contribution in [0.3, 0.4) is 0 Å². The number of nitro benzene ring substituents is 1. The highest BCUT2D eigenvalue weighted by Gasteiger charge is 2.15. The molecule has 1 aromatic rings. The van der Waals surface area contributed by atoms with Crippen molar-refractivity contribution >= 4 is 11.4 Å². The lowest BCUT2D eigenvalue weighted by molar-refractivity contribution is -0.384. The molecule has 1 aromatic carbocycles. The van der Waals surface area contributed by atoms with Crippen LogP contribution in [0.5, 0.6) is 0 Å². The van der Waals surface area contributed by atoms with Gasteiger partial charge in [0.15, 0.2) is 0 Å². The number of nitrogens with zero attached hydrogens (tertiary/aromatic N) is 1. The summed E-state index contributed by atoms with van der Waals surface area (Å²) >= 11 is 0. The second-order valence-corrected chi connectivity index (χ2v) is 2.80. The largest absolute Gasteiger partial charge is 0.318 e. The van der Waals surface area contributed by atoms with E-state index < -0.39 is 4.92 Å². The molecule has 3 N–H and O–H groups in total. The summed E-state index contributed by atoms with van der Waals surface area (Å²) in [5, 5.41) is 10.6. The minimum atomic E-state index is -0.457. The fraction of sp³-hybridized carbons (Fsp3) is 0.250. The number of benzene rings is 1. The molecule has 0 amide bonds. The van der Waals surface area contributed by atoms with E-state index in [0.29, 0.717) is 5.69 Å². The van der Waals surface area contributed by atoms with Crippen LogP contribution in [-0.2, 0) is 0 Å². The summed E-state index contributed by atoms with van der Waals surface area (Å²) in [6.07, 6.45) is 0. The number of hydrogen-bond acceptors (Lipinski definition) is 4. The molecule has 5 heteroatoms. The molecule has 0 saturated carbocycles. The molecule has 0 aliphatic rings. The van der Waals surface area contributed by atoms with Gasteiger partial charge < -0.3 is 5.43 Å². The molecule has 1 rings (SSSR count). The first-order valence-electron chi connectivity index (χ1n) is 3.79. The Labute approximate surface area is 75.7 Å². The standard InChI is InChI=1S/C8H11N3O2/c1-5-3-4-7(11(12)13)8(10-9)6(5)2/h3-4,10H,9H2,1-2H3. The number of nitrogens with two attached hydrogens (primary N) is 1. The maximum absolute atomic E-state index is 10.6. The molecule has 5 nitrogen and oxygen atoms in total. The molecule has 0 spiro atoms. The highest BCUT2D eigenvalue weighted by Crippen LogP contribution is 2.28. The zero-order valence-corrected chi connectivity index (χ0v) is 7.50. The highest BCUT2D eigenvalue weighted by atomic mass is 16.6. The van der Waals surface area contributed by atoms with Gasteiger partial charge in [0, 0.05) is 6.07 Å². The molecule has 0 radical (unpaired) electrons. The molecule has 0 heterocycles. The molecule has 0 bridgehead atoms. The van der Waals surface area contributed by atoms with Crippen molar-refractivity contribution in [1.29, 1.82) is 0 Å². The third kappa shape index (κ3) is 1.59. The molecule has 0 aliphatic carbocycles. The normalized spacial score (nSPS) is 9.77. The fourth-order valence-corrected chi connectivity index (χ4v) is 1.14. The van der Waals surface area contributed by atoms with Crippen LogP contribution in [0.25, 0.3) is 0 Å². The average Bonchev–Trinajstić information content (AvgIpc) is 2.09. The molecule has 13 heavy (non-hydrogen) atoms. The van der Waals surface area contributed by atoms with Crippen molar-refractivity contribution in [1.82, 2.24) is 0 Å². The third-order valence-corrected chi connectivity index (χ3v) is 2.05. The number of anilines is 1. The number of nitro groups is 1. The van der Waals surface area contributed by atoms with Gasteiger partial charge in [-0.05, 0) is 25.0 Å².